The Labute approximate surface area is 247 Å². The molecule has 1 unspecified atom stereocenters. The van der Waals surface area contributed by atoms with Gasteiger partial charge in [-0.1, -0.05) is 60.7 Å². The number of carbonyl (C=O) groups excluding carboxylic acids is 1. The summed E-state index contributed by atoms with van der Waals surface area (Å²) in [7, 11) is 4.59. The third-order valence-electron chi connectivity index (χ3n) is 7.07. The van der Waals surface area contributed by atoms with Crippen LogP contribution >= 0.6 is 11.3 Å². The molecule has 0 radical (unpaired) electrons. The second-order valence-electron chi connectivity index (χ2n) is 9.66. The van der Waals surface area contributed by atoms with Gasteiger partial charge in [0.1, 0.15) is 12.4 Å². The first-order valence-electron chi connectivity index (χ1n) is 13.5. The van der Waals surface area contributed by atoms with Gasteiger partial charge in [-0.15, -0.1) is 0 Å². The highest BCUT2D eigenvalue weighted by Crippen LogP contribution is 2.42. The zero-order chi connectivity index (χ0) is 29.8. The zero-order valence-corrected chi connectivity index (χ0v) is 25.0. The third kappa shape index (κ3) is 5.60. The van der Waals surface area contributed by atoms with Crippen molar-refractivity contribution in [3.05, 3.63) is 114 Å². The standard InChI is InChI=1S/C33H32N2O6S/c1-6-25(36)29-20(2)34-33-35(30(29)23-17-26(38-3)31(40-5)27(18-23)39-4)32(37)28(42-33)16-21-12-14-24(15-13-21)41-19-22-10-8-7-9-11-22/h7-18,30H,6,19H2,1-5H3/b28-16-. The first-order chi connectivity index (χ1) is 20.4. The van der Waals surface area contributed by atoms with Gasteiger partial charge in [-0.05, 0) is 54.0 Å². The van der Waals surface area contributed by atoms with Gasteiger partial charge in [0.05, 0.1) is 31.9 Å². The number of benzene rings is 3. The SMILES string of the molecule is CCC(=O)C1=C(C)N=c2s/c(=C\c3ccc(OCc4ccccc4)cc3)c(=O)n2C1c1cc(OC)c(OC)c(OC)c1. The number of allylic oxidation sites excluding steroid dienone is 2. The summed E-state index contributed by atoms with van der Waals surface area (Å²) in [6.45, 7) is 4.07. The highest BCUT2D eigenvalue weighted by molar-refractivity contribution is 7.07. The lowest BCUT2D eigenvalue weighted by atomic mass is 9.91. The van der Waals surface area contributed by atoms with Crippen molar-refractivity contribution in [2.75, 3.05) is 21.3 Å². The van der Waals surface area contributed by atoms with Crippen LogP contribution in [0.4, 0.5) is 0 Å². The number of hydrogen-bond acceptors (Lipinski definition) is 8. The fourth-order valence-electron chi connectivity index (χ4n) is 5.00. The smallest absolute Gasteiger partial charge is 0.271 e. The zero-order valence-electron chi connectivity index (χ0n) is 24.2. The summed E-state index contributed by atoms with van der Waals surface area (Å²) in [6.07, 6.45) is 2.10. The number of fused-ring (bicyclic) bond motifs is 1. The molecule has 0 N–H and O–H groups in total. The van der Waals surface area contributed by atoms with Gasteiger partial charge in [0.25, 0.3) is 5.56 Å². The van der Waals surface area contributed by atoms with Gasteiger partial charge in [-0.3, -0.25) is 14.2 Å². The molecule has 2 heterocycles. The van der Waals surface area contributed by atoms with Crippen LogP contribution in [-0.2, 0) is 11.4 Å². The van der Waals surface area contributed by atoms with E-state index in [1.165, 1.54) is 32.7 Å². The Kier molecular flexibility index (Phi) is 8.59. The van der Waals surface area contributed by atoms with E-state index in [2.05, 4.69) is 0 Å². The molecule has 0 amide bonds. The first-order valence-corrected chi connectivity index (χ1v) is 14.3. The summed E-state index contributed by atoms with van der Waals surface area (Å²) in [4.78, 5) is 32.4. The molecule has 1 aromatic heterocycles. The van der Waals surface area contributed by atoms with Gasteiger partial charge in [-0.2, -0.15) is 0 Å². The molecule has 1 aliphatic rings. The quantitative estimate of drug-likeness (QED) is 0.266. The largest absolute Gasteiger partial charge is 0.493 e. The lowest BCUT2D eigenvalue weighted by Gasteiger charge is -2.26. The maximum Gasteiger partial charge on any atom is 0.271 e. The van der Waals surface area contributed by atoms with Gasteiger partial charge in [0, 0.05) is 17.7 Å². The molecule has 0 aliphatic carbocycles. The van der Waals surface area contributed by atoms with E-state index in [9.17, 15) is 9.59 Å². The van der Waals surface area contributed by atoms with E-state index in [1.54, 1.807) is 30.5 Å². The van der Waals surface area contributed by atoms with E-state index >= 15 is 0 Å². The predicted molar refractivity (Wildman–Crippen MR) is 162 cm³/mol. The summed E-state index contributed by atoms with van der Waals surface area (Å²) in [5.74, 6) is 1.94. The molecule has 0 saturated heterocycles. The van der Waals surface area contributed by atoms with E-state index in [1.807, 2.05) is 60.7 Å². The van der Waals surface area contributed by atoms with Crippen LogP contribution < -0.4 is 33.8 Å². The monoisotopic (exact) mass is 584 g/mol. The number of carbonyl (C=O) groups is 1. The van der Waals surface area contributed by atoms with Gasteiger partial charge in [0.15, 0.2) is 22.1 Å². The van der Waals surface area contributed by atoms with Crippen molar-refractivity contribution in [2.45, 2.75) is 32.9 Å². The normalized spacial score (nSPS) is 14.7. The number of methoxy groups -OCH3 is 3. The first kappa shape index (κ1) is 28.9. The number of ether oxygens (including phenoxy) is 4. The molecule has 5 rings (SSSR count). The minimum Gasteiger partial charge on any atom is -0.493 e. The predicted octanol–water partition coefficient (Wildman–Crippen LogP) is 4.82. The van der Waals surface area contributed by atoms with E-state index in [-0.39, 0.29) is 17.8 Å². The van der Waals surface area contributed by atoms with Gasteiger partial charge >= 0.3 is 0 Å². The minimum absolute atomic E-state index is 0.0876. The van der Waals surface area contributed by atoms with E-state index < -0.39 is 6.04 Å². The Morgan fingerprint density at radius 3 is 2.24 bits per heavy atom. The fourth-order valence-corrected chi connectivity index (χ4v) is 6.04. The van der Waals surface area contributed by atoms with Crippen molar-refractivity contribution >= 4 is 23.2 Å². The van der Waals surface area contributed by atoms with Crippen molar-refractivity contribution < 1.29 is 23.7 Å². The second kappa shape index (κ2) is 12.5. The average molecular weight is 585 g/mol. The number of Topliss-reactive ketones (excluding diaryl/α,β-unsaturated/α-hetero) is 1. The highest BCUT2D eigenvalue weighted by Gasteiger charge is 2.33. The van der Waals surface area contributed by atoms with Crippen LogP contribution in [0.15, 0.2) is 87.8 Å². The fraction of sp³-hybridized carbons (Fsp3) is 0.242. The number of hydrogen-bond donors (Lipinski definition) is 0. The van der Waals surface area contributed by atoms with Crippen molar-refractivity contribution in [1.82, 2.24) is 4.57 Å². The van der Waals surface area contributed by atoms with Crippen LogP contribution in [0.3, 0.4) is 0 Å². The molecular weight excluding hydrogens is 552 g/mol. The molecule has 1 atom stereocenters. The molecule has 1 aliphatic heterocycles. The molecule has 216 valence electrons. The Bertz CT molecular complexity index is 1800. The third-order valence-corrected chi connectivity index (χ3v) is 8.06. The Balaban J connectivity index is 1.57. The molecule has 0 saturated carbocycles. The molecule has 3 aromatic carbocycles. The van der Waals surface area contributed by atoms with E-state index in [0.29, 0.717) is 50.0 Å². The van der Waals surface area contributed by atoms with Gasteiger partial charge in [-0.25, -0.2) is 4.99 Å². The lowest BCUT2D eigenvalue weighted by molar-refractivity contribution is -0.115. The number of ketones is 1. The number of aromatic nitrogens is 1. The molecule has 8 nitrogen and oxygen atoms in total. The number of rotatable bonds is 10. The second-order valence-corrected chi connectivity index (χ2v) is 10.7. The molecule has 0 bridgehead atoms. The van der Waals surface area contributed by atoms with Crippen molar-refractivity contribution in [2.24, 2.45) is 4.99 Å². The summed E-state index contributed by atoms with van der Waals surface area (Å²) < 4.78 is 24.7. The van der Waals surface area contributed by atoms with Crippen LogP contribution in [0.1, 0.15) is 43.0 Å². The van der Waals surface area contributed by atoms with Crippen molar-refractivity contribution in [1.29, 1.82) is 0 Å². The van der Waals surface area contributed by atoms with Crippen LogP contribution in [-0.4, -0.2) is 31.7 Å². The summed E-state index contributed by atoms with van der Waals surface area (Å²) in [5.41, 5.74) is 3.38. The molecule has 4 aromatic rings. The van der Waals surface area contributed by atoms with E-state index in [4.69, 9.17) is 23.9 Å². The Morgan fingerprint density at radius 1 is 0.976 bits per heavy atom. The molecule has 9 heteroatoms. The maximum absolute atomic E-state index is 14.0. The average Bonchev–Trinajstić information content (AvgIpc) is 3.32. The van der Waals surface area contributed by atoms with Crippen molar-refractivity contribution in [3.63, 3.8) is 0 Å². The molecular formula is C33H32N2O6S. The molecule has 42 heavy (non-hydrogen) atoms. The number of thiazole rings is 1. The summed E-state index contributed by atoms with van der Waals surface area (Å²) in [5, 5.41) is 0. The van der Waals surface area contributed by atoms with Crippen LogP contribution in [0, 0.1) is 0 Å². The van der Waals surface area contributed by atoms with E-state index in [0.717, 1.165) is 16.9 Å². The van der Waals surface area contributed by atoms with Gasteiger partial charge in [0.2, 0.25) is 5.75 Å². The minimum atomic E-state index is -0.710. The molecule has 0 spiro atoms. The Hall–Kier alpha value is -4.63. The summed E-state index contributed by atoms with van der Waals surface area (Å²) in [6, 6.07) is 20.4. The van der Waals surface area contributed by atoms with Crippen LogP contribution in [0.25, 0.3) is 6.08 Å². The lowest BCUT2D eigenvalue weighted by Crippen LogP contribution is -2.39. The van der Waals surface area contributed by atoms with Crippen molar-refractivity contribution in [3.8, 4) is 23.0 Å². The Morgan fingerprint density at radius 2 is 1.64 bits per heavy atom. The maximum atomic E-state index is 14.0. The highest BCUT2D eigenvalue weighted by atomic mass is 32.1. The topological polar surface area (TPSA) is 88.4 Å². The summed E-state index contributed by atoms with van der Waals surface area (Å²) >= 11 is 1.28. The van der Waals surface area contributed by atoms with Crippen LogP contribution in [0.5, 0.6) is 23.0 Å². The van der Waals surface area contributed by atoms with Crippen LogP contribution in [0.2, 0.25) is 0 Å². The van der Waals surface area contributed by atoms with Gasteiger partial charge < -0.3 is 18.9 Å². The number of nitrogens with zero attached hydrogens (tertiary/aromatic N) is 2. The molecule has 0 fully saturated rings.